The van der Waals surface area contributed by atoms with Gasteiger partial charge in [-0.25, -0.2) is 4.99 Å². The third kappa shape index (κ3) is 5.77. The third-order valence-electron chi connectivity index (χ3n) is 6.99. The van der Waals surface area contributed by atoms with Crippen molar-refractivity contribution in [1.82, 2.24) is 9.80 Å². The van der Waals surface area contributed by atoms with Gasteiger partial charge >= 0.3 is 0 Å². The van der Waals surface area contributed by atoms with Gasteiger partial charge in [-0.05, 0) is 48.7 Å². The smallest absolute Gasteiger partial charge is 0.231 e. The van der Waals surface area contributed by atoms with Gasteiger partial charge in [-0.15, -0.1) is 0 Å². The second-order valence-electron chi connectivity index (χ2n) is 9.39. The monoisotopic (exact) mass is 499 g/mol. The quantitative estimate of drug-likeness (QED) is 0.476. The van der Waals surface area contributed by atoms with E-state index < -0.39 is 0 Å². The van der Waals surface area contributed by atoms with E-state index in [-0.39, 0.29) is 12.1 Å². The van der Waals surface area contributed by atoms with Crippen LogP contribution in [0.2, 0.25) is 5.02 Å². The summed E-state index contributed by atoms with van der Waals surface area (Å²) in [6, 6.07) is 12.0. The molecule has 2 fully saturated rings. The van der Waals surface area contributed by atoms with E-state index in [1.54, 1.807) is 7.11 Å². The molecule has 8 nitrogen and oxygen atoms in total. The number of piperazine rings is 1. The maximum atomic E-state index is 6.45. The first-order chi connectivity index (χ1) is 17.1. The lowest BCUT2D eigenvalue weighted by Gasteiger charge is -2.37. The van der Waals surface area contributed by atoms with Gasteiger partial charge in [0.2, 0.25) is 6.79 Å². The highest BCUT2D eigenvalue weighted by Gasteiger charge is 2.26. The number of ether oxygens (including phenoxy) is 3. The van der Waals surface area contributed by atoms with Crippen molar-refractivity contribution in [3.05, 3.63) is 47.0 Å². The molecule has 1 saturated carbocycles. The number of aliphatic imine (C=N–C) groups is 1. The summed E-state index contributed by atoms with van der Waals surface area (Å²) in [5, 5.41) is 4.18. The molecular formula is C26H34ClN5O3. The van der Waals surface area contributed by atoms with Crippen molar-refractivity contribution in [1.29, 1.82) is 0 Å². The van der Waals surface area contributed by atoms with Gasteiger partial charge in [0.15, 0.2) is 17.5 Å². The molecule has 9 heteroatoms. The van der Waals surface area contributed by atoms with E-state index in [2.05, 4.69) is 27.2 Å². The van der Waals surface area contributed by atoms with Gasteiger partial charge < -0.3 is 30.2 Å². The number of benzene rings is 2. The zero-order chi connectivity index (χ0) is 24.2. The Balaban J connectivity index is 1.29. The van der Waals surface area contributed by atoms with Crippen LogP contribution in [0.25, 0.3) is 0 Å². The zero-order valence-corrected chi connectivity index (χ0v) is 21.0. The lowest BCUT2D eigenvalue weighted by Crippen LogP contribution is -2.51. The Bertz CT molecular complexity index is 1060. The van der Waals surface area contributed by atoms with Crippen LogP contribution in [0.5, 0.6) is 17.2 Å². The van der Waals surface area contributed by atoms with E-state index in [1.807, 2.05) is 24.3 Å². The van der Waals surface area contributed by atoms with Crippen LogP contribution in [0.15, 0.2) is 41.4 Å². The highest BCUT2D eigenvalue weighted by atomic mass is 35.5. The molecule has 3 N–H and O–H groups in total. The molecule has 0 bridgehead atoms. The third-order valence-corrected chi connectivity index (χ3v) is 7.23. The van der Waals surface area contributed by atoms with Gasteiger partial charge in [0, 0.05) is 43.8 Å². The Hall–Kier alpha value is -2.68. The molecular weight excluding hydrogens is 466 g/mol. The van der Waals surface area contributed by atoms with E-state index in [1.165, 1.54) is 18.4 Å². The van der Waals surface area contributed by atoms with Crippen molar-refractivity contribution < 1.29 is 14.2 Å². The van der Waals surface area contributed by atoms with Crippen molar-refractivity contribution in [2.45, 2.75) is 44.3 Å². The molecule has 0 unspecified atom stereocenters. The van der Waals surface area contributed by atoms with Gasteiger partial charge in [0.25, 0.3) is 0 Å². The Kier molecular flexibility index (Phi) is 7.51. The van der Waals surface area contributed by atoms with Crippen LogP contribution in [-0.2, 0) is 6.54 Å². The normalized spacial score (nSPS) is 22.8. The molecule has 0 radical (unpaired) electrons. The predicted octanol–water partition coefficient (Wildman–Crippen LogP) is 3.93. The number of methoxy groups -OCH3 is 1. The molecule has 1 aliphatic carbocycles. The highest BCUT2D eigenvalue weighted by Crippen LogP contribution is 2.33. The highest BCUT2D eigenvalue weighted by molar-refractivity contribution is 6.31. The summed E-state index contributed by atoms with van der Waals surface area (Å²) in [5.74, 6) is 3.23. The van der Waals surface area contributed by atoms with E-state index in [4.69, 9.17) is 36.5 Å². The van der Waals surface area contributed by atoms with E-state index in [0.717, 1.165) is 74.5 Å². The first kappa shape index (κ1) is 24.0. The summed E-state index contributed by atoms with van der Waals surface area (Å²) in [7, 11) is 1.66. The molecule has 1 saturated heterocycles. The van der Waals surface area contributed by atoms with Crippen LogP contribution in [0, 0.1) is 0 Å². The Morgan fingerprint density at radius 2 is 1.89 bits per heavy atom. The molecule has 35 heavy (non-hydrogen) atoms. The molecule has 0 spiro atoms. The number of hydrogen-bond acceptors (Lipinski definition) is 6. The fourth-order valence-electron chi connectivity index (χ4n) is 4.96. The SMILES string of the molecule is COc1ccc(Cl)cc1NC(=N[C@H]1CCCC[C@@H]1N)N1CCN(Cc2ccc3c(c2)OCO3)CC1. The number of guanidine groups is 1. The number of nitrogens with one attached hydrogen (secondary N) is 1. The van der Waals surface area contributed by atoms with Gasteiger partial charge in [0.1, 0.15) is 5.75 Å². The molecule has 0 aromatic heterocycles. The Morgan fingerprint density at radius 1 is 1.09 bits per heavy atom. The average molecular weight is 500 g/mol. The van der Waals surface area contributed by atoms with Crippen molar-refractivity contribution >= 4 is 23.2 Å². The van der Waals surface area contributed by atoms with Gasteiger partial charge in [0.05, 0.1) is 18.8 Å². The second kappa shape index (κ2) is 10.9. The second-order valence-corrected chi connectivity index (χ2v) is 9.83. The van der Waals surface area contributed by atoms with Crippen molar-refractivity contribution in [3.8, 4) is 17.2 Å². The van der Waals surface area contributed by atoms with Crippen molar-refractivity contribution in [2.75, 3.05) is 45.4 Å². The summed E-state index contributed by atoms with van der Waals surface area (Å²) in [5.41, 5.74) is 8.49. The van der Waals surface area contributed by atoms with Crippen LogP contribution >= 0.6 is 11.6 Å². The number of nitrogens with two attached hydrogens (primary N) is 1. The first-order valence-corrected chi connectivity index (χ1v) is 12.8. The number of fused-ring (bicyclic) bond motifs is 1. The van der Waals surface area contributed by atoms with Crippen LogP contribution in [0.3, 0.4) is 0 Å². The van der Waals surface area contributed by atoms with Gasteiger partial charge in [-0.1, -0.05) is 30.5 Å². The summed E-state index contributed by atoms with van der Waals surface area (Å²) >= 11 is 6.30. The largest absolute Gasteiger partial charge is 0.495 e. The molecule has 2 aromatic carbocycles. The summed E-state index contributed by atoms with van der Waals surface area (Å²) < 4.78 is 16.5. The van der Waals surface area contributed by atoms with E-state index in [0.29, 0.717) is 11.8 Å². The molecule has 188 valence electrons. The number of nitrogens with zero attached hydrogens (tertiary/aromatic N) is 3. The molecule has 0 amide bonds. The van der Waals surface area contributed by atoms with Crippen LogP contribution in [0.4, 0.5) is 5.69 Å². The van der Waals surface area contributed by atoms with E-state index >= 15 is 0 Å². The zero-order valence-electron chi connectivity index (χ0n) is 20.2. The van der Waals surface area contributed by atoms with E-state index in [9.17, 15) is 0 Å². The first-order valence-electron chi connectivity index (χ1n) is 12.4. The number of halogens is 1. The number of hydrogen-bond donors (Lipinski definition) is 2. The molecule has 2 heterocycles. The lowest BCUT2D eigenvalue weighted by atomic mass is 9.91. The fraction of sp³-hybridized carbons (Fsp3) is 0.500. The molecule has 2 aromatic rings. The van der Waals surface area contributed by atoms with Crippen LogP contribution in [-0.4, -0.2) is 67.9 Å². The topological polar surface area (TPSA) is 84.6 Å². The predicted molar refractivity (Wildman–Crippen MR) is 139 cm³/mol. The minimum atomic E-state index is 0.0918. The summed E-state index contributed by atoms with van der Waals surface area (Å²) in [4.78, 5) is 9.92. The van der Waals surface area contributed by atoms with Crippen LogP contribution < -0.4 is 25.3 Å². The Labute approximate surface area is 212 Å². The molecule has 2 aliphatic heterocycles. The maximum absolute atomic E-state index is 6.45. The van der Waals surface area contributed by atoms with Gasteiger partial charge in [-0.3, -0.25) is 4.90 Å². The number of rotatable bonds is 5. The van der Waals surface area contributed by atoms with Crippen LogP contribution in [0.1, 0.15) is 31.2 Å². The standard InChI is InChI=1S/C26H34ClN5O3/c1-33-23-9-7-19(27)15-22(23)30-26(29-21-5-3-2-4-20(21)28)32-12-10-31(11-13-32)16-18-6-8-24-25(14-18)35-17-34-24/h6-9,14-15,20-21H,2-5,10-13,16-17,28H2,1H3,(H,29,30)/t20-,21-/m0/s1. The van der Waals surface area contributed by atoms with Crippen molar-refractivity contribution in [2.24, 2.45) is 10.7 Å². The molecule has 5 rings (SSSR count). The minimum Gasteiger partial charge on any atom is -0.495 e. The Morgan fingerprint density at radius 3 is 2.69 bits per heavy atom. The van der Waals surface area contributed by atoms with Gasteiger partial charge in [-0.2, -0.15) is 0 Å². The molecule has 3 aliphatic rings. The number of anilines is 1. The fourth-order valence-corrected chi connectivity index (χ4v) is 5.14. The lowest BCUT2D eigenvalue weighted by molar-refractivity contribution is 0.172. The maximum Gasteiger partial charge on any atom is 0.231 e. The average Bonchev–Trinajstić information content (AvgIpc) is 3.34. The molecule has 2 atom stereocenters. The summed E-state index contributed by atoms with van der Waals surface area (Å²) in [6.45, 7) is 4.76. The summed E-state index contributed by atoms with van der Waals surface area (Å²) in [6.07, 6.45) is 4.38. The van der Waals surface area contributed by atoms with Crippen molar-refractivity contribution in [3.63, 3.8) is 0 Å². The minimum absolute atomic E-state index is 0.0918.